The molecular formula is C13H14N2O2. The number of nitrogens with zero attached hydrogens (tertiary/aromatic N) is 1. The summed E-state index contributed by atoms with van der Waals surface area (Å²) >= 11 is 0. The molecule has 1 atom stereocenters. The van der Waals surface area contributed by atoms with Crippen molar-refractivity contribution < 1.29 is 5.11 Å². The average Bonchev–Trinajstić information content (AvgIpc) is 2.68. The first kappa shape index (κ1) is 10.5. The standard InChI is InChI=1S/C13H14N2O2/c1-7-2-3-8-4-11-10(5-9(7)8)13(17)15-12(6-16)14-11/h4-5,7,16H,2-3,6H2,1H3,(H,14,15,17)/t7-/m0/s1. The zero-order valence-corrected chi connectivity index (χ0v) is 9.66. The molecule has 88 valence electrons. The topological polar surface area (TPSA) is 66.0 Å². The molecule has 3 rings (SSSR count). The van der Waals surface area contributed by atoms with Gasteiger partial charge in [0.15, 0.2) is 0 Å². The van der Waals surface area contributed by atoms with Crippen molar-refractivity contribution in [2.24, 2.45) is 0 Å². The van der Waals surface area contributed by atoms with Crippen LogP contribution in [0.15, 0.2) is 16.9 Å². The molecule has 4 heteroatoms. The number of hydrogen-bond donors (Lipinski definition) is 2. The molecule has 1 aromatic heterocycles. The number of aliphatic hydroxyl groups is 1. The first-order valence-electron chi connectivity index (χ1n) is 5.85. The van der Waals surface area contributed by atoms with Gasteiger partial charge in [-0.05, 0) is 42.0 Å². The first-order valence-corrected chi connectivity index (χ1v) is 5.85. The van der Waals surface area contributed by atoms with Gasteiger partial charge in [-0.3, -0.25) is 4.79 Å². The maximum absolute atomic E-state index is 11.9. The molecule has 0 radical (unpaired) electrons. The summed E-state index contributed by atoms with van der Waals surface area (Å²) in [6.45, 7) is 1.94. The highest BCUT2D eigenvalue weighted by Gasteiger charge is 2.20. The van der Waals surface area contributed by atoms with Crippen molar-refractivity contribution in [3.63, 3.8) is 0 Å². The molecule has 1 heterocycles. The quantitative estimate of drug-likeness (QED) is 0.779. The molecule has 4 nitrogen and oxygen atoms in total. The van der Waals surface area contributed by atoms with Crippen molar-refractivity contribution in [1.82, 2.24) is 9.97 Å². The molecule has 0 unspecified atom stereocenters. The highest BCUT2D eigenvalue weighted by Crippen LogP contribution is 2.34. The number of rotatable bonds is 1. The summed E-state index contributed by atoms with van der Waals surface area (Å²) in [5.41, 5.74) is 3.07. The zero-order valence-electron chi connectivity index (χ0n) is 9.66. The van der Waals surface area contributed by atoms with E-state index in [1.807, 2.05) is 12.1 Å². The minimum atomic E-state index is -0.237. The lowest BCUT2D eigenvalue weighted by molar-refractivity contribution is 0.271. The molecule has 1 aliphatic rings. The van der Waals surface area contributed by atoms with Gasteiger partial charge in [0.1, 0.15) is 12.4 Å². The smallest absolute Gasteiger partial charge is 0.258 e. The number of aryl methyl sites for hydroxylation is 1. The monoisotopic (exact) mass is 230 g/mol. The van der Waals surface area contributed by atoms with Crippen LogP contribution in [0.25, 0.3) is 10.9 Å². The zero-order chi connectivity index (χ0) is 12.0. The first-order chi connectivity index (χ1) is 8.19. The summed E-state index contributed by atoms with van der Waals surface area (Å²) < 4.78 is 0. The Morgan fingerprint density at radius 1 is 1.53 bits per heavy atom. The number of benzene rings is 1. The van der Waals surface area contributed by atoms with E-state index in [1.165, 1.54) is 11.1 Å². The molecule has 0 fully saturated rings. The van der Waals surface area contributed by atoms with Crippen LogP contribution in [0.4, 0.5) is 0 Å². The molecule has 0 spiro atoms. The number of hydrogen-bond acceptors (Lipinski definition) is 3. The van der Waals surface area contributed by atoms with E-state index in [2.05, 4.69) is 16.9 Å². The Labute approximate surface area is 98.3 Å². The van der Waals surface area contributed by atoms with Gasteiger partial charge in [0.25, 0.3) is 5.56 Å². The summed E-state index contributed by atoms with van der Waals surface area (Å²) in [4.78, 5) is 18.7. The van der Waals surface area contributed by atoms with Crippen molar-refractivity contribution in [3.05, 3.63) is 39.4 Å². The predicted octanol–water partition coefficient (Wildman–Crippen LogP) is 1.47. The van der Waals surface area contributed by atoms with E-state index in [0.717, 1.165) is 12.8 Å². The van der Waals surface area contributed by atoms with Crippen molar-refractivity contribution >= 4 is 10.9 Å². The number of fused-ring (bicyclic) bond motifs is 2. The van der Waals surface area contributed by atoms with Gasteiger partial charge in [0.2, 0.25) is 0 Å². The Kier molecular flexibility index (Phi) is 2.26. The second-order valence-electron chi connectivity index (χ2n) is 4.68. The maximum atomic E-state index is 11.9. The van der Waals surface area contributed by atoms with Crippen molar-refractivity contribution in [2.45, 2.75) is 32.3 Å². The van der Waals surface area contributed by atoms with E-state index in [9.17, 15) is 4.79 Å². The summed E-state index contributed by atoms with van der Waals surface area (Å²) in [6.07, 6.45) is 2.19. The third kappa shape index (κ3) is 1.56. The predicted molar refractivity (Wildman–Crippen MR) is 65.0 cm³/mol. The molecule has 0 bridgehead atoms. The number of aromatic amines is 1. The van der Waals surface area contributed by atoms with Crippen LogP contribution in [-0.4, -0.2) is 15.1 Å². The Hall–Kier alpha value is -1.68. The second-order valence-corrected chi connectivity index (χ2v) is 4.68. The number of aromatic nitrogens is 2. The molecule has 0 saturated carbocycles. The normalized spacial score (nSPS) is 18.6. The Balaban J connectivity index is 2.33. The van der Waals surface area contributed by atoms with Gasteiger partial charge >= 0.3 is 0 Å². The second kappa shape index (κ2) is 3.67. The van der Waals surface area contributed by atoms with E-state index in [4.69, 9.17) is 5.11 Å². The van der Waals surface area contributed by atoms with E-state index >= 15 is 0 Å². The van der Waals surface area contributed by atoms with Crippen molar-refractivity contribution in [2.75, 3.05) is 0 Å². The Morgan fingerprint density at radius 3 is 3.12 bits per heavy atom. The molecule has 2 aromatic rings. The lowest BCUT2D eigenvalue weighted by Gasteiger charge is -2.06. The Morgan fingerprint density at radius 2 is 2.35 bits per heavy atom. The van der Waals surface area contributed by atoms with Crippen LogP contribution in [-0.2, 0) is 13.0 Å². The maximum Gasteiger partial charge on any atom is 0.258 e. The molecule has 0 saturated heterocycles. The largest absolute Gasteiger partial charge is 0.388 e. The molecule has 2 N–H and O–H groups in total. The van der Waals surface area contributed by atoms with Crippen molar-refractivity contribution in [1.29, 1.82) is 0 Å². The summed E-state index contributed by atoms with van der Waals surface area (Å²) in [6, 6.07) is 3.94. The average molecular weight is 230 g/mol. The third-order valence-corrected chi connectivity index (χ3v) is 3.54. The van der Waals surface area contributed by atoms with Crippen LogP contribution in [0.5, 0.6) is 0 Å². The van der Waals surface area contributed by atoms with Crippen LogP contribution in [0, 0.1) is 0 Å². The minimum Gasteiger partial charge on any atom is -0.388 e. The van der Waals surface area contributed by atoms with E-state index in [1.54, 1.807) is 0 Å². The van der Waals surface area contributed by atoms with Gasteiger partial charge in [0.05, 0.1) is 10.9 Å². The SMILES string of the molecule is C[C@H]1CCc2cc3nc(CO)[nH]c(=O)c3cc21. The van der Waals surface area contributed by atoms with Crippen LogP contribution < -0.4 is 5.56 Å². The third-order valence-electron chi connectivity index (χ3n) is 3.54. The van der Waals surface area contributed by atoms with Gasteiger partial charge < -0.3 is 10.1 Å². The van der Waals surface area contributed by atoms with Crippen LogP contribution in [0.3, 0.4) is 0 Å². The van der Waals surface area contributed by atoms with Gasteiger partial charge in [-0.2, -0.15) is 0 Å². The highest BCUT2D eigenvalue weighted by atomic mass is 16.3. The molecule has 0 aliphatic heterocycles. The van der Waals surface area contributed by atoms with Gasteiger partial charge in [-0.1, -0.05) is 6.92 Å². The molecular weight excluding hydrogens is 216 g/mol. The fourth-order valence-electron chi connectivity index (χ4n) is 2.57. The number of H-pyrrole nitrogens is 1. The lowest BCUT2D eigenvalue weighted by atomic mass is 10.0. The van der Waals surface area contributed by atoms with Gasteiger partial charge in [0, 0.05) is 0 Å². The van der Waals surface area contributed by atoms with E-state index in [0.29, 0.717) is 22.6 Å². The summed E-state index contributed by atoms with van der Waals surface area (Å²) in [5, 5.41) is 9.64. The van der Waals surface area contributed by atoms with Crippen molar-refractivity contribution in [3.8, 4) is 0 Å². The van der Waals surface area contributed by atoms with Crippen LogP contribution in [0.1, 0.15) is 36.2 Å². The van der Waals surface area contributed by atoms with Gasteiger partial charge in [-0.15, -0.1) is 0 Å². The van der Waals surface area contributed by atoms with E-state index in [-0.39, 0.29) is 12.2 Å². The fraction of sp³-hybridized carbons (Fsp3) is 0.385. The fourth-order valence-corrected chi connectivity index (χ4v) is 2.57. The van der Waals surface area contributed by atoms with Crippen LogP contribution in [0.2, 0.25) is 0 Å². The highest BCUT2D eigenvalue weighted by molar-refractivity contribution is 5.80. The van der Waals surface area contributed by atoms with E-state index < -0.39 is 0 Å². The number of nitrogens with one attached hydrogen (secondary N) is 1. The molecule has 17 heavy (non-hydrogen) atoms. The molecule has 0 amide bonds. The summed E-state index contributed by atoms with van der Waals surface area (Å²) in [5.74, 6) is 0.847. The summed E-state index contributed by atoms with van der Waals surface area (Å²) in [7, 11) is 0. The molecule has 1 aromatic carbocycles. The lowest BCUT2D eigenvalue weighted by Crippen LogP contribution is -2.12. The Bertz CT molecular complexity index is 646. The molecule has 1 aliphatic carbocycles. The van der Waals surface area contributed by atoms with Crippen LogP contribution >= 0.6 is 0 Å². The number of aliphatic hydroxyl groups excluding tert-OH is 1. The minimum absolute atomic E-state index is 0.166. The van der Waals surface area contributed by atoms with Gasteiger partial charge in [-0.25, -0.2) is 4.98 Å².